The third kappa shape index (κ3) is 2.81. The highest BCUT2D eigenvalue weighted by Gasteiger charge is 2.12. The summed E-state index contributed by atoms with van der Waals surface area (Å²) in [6.07, 6.45) is 7.00. The van der Waals surface area contributed by atoms with E-state index in [0.29, 0.717) is 0 Å². The summed E-state index contributed by atoms with van der Waals surface area (Å²) in [5.74, 6) is 1.60. The largest absolute Gasteiger partial charge is 0.495 e. The van der Waals surface area contributed by atoms with Crippen molar-refractivity contribution < 1.29 is 4.74 Å². The highest BCUT2D eigenvalue weighted by molar-refractivity contribution is 5.68. The van der Waals surface area contributed by atoms with E-state index >= 15 is 0 Å². The molecule has 0 spiro atoms. The van der Waals surface area contributed by atoms with Crippen molar-refractivity contribution in [3.8, 4) is 17.0 Å². The van der Waals surface area contributed by atoms with Gasteiger partial charge in [0.2, 0.25) is 0 Å². The summed E-state index contributed by atoms with van der Waals surface area (Å²) in [6.45, 7) is 2.14. The molecule has 2 rings (SSSR count). The molecule has 2 heterocycles. The predicted octanol–water partition coefficient (Wildman–Crippen LogP) is 2.54. The van der Waals surface area contributed by atoms with Gasteiger partial charge in [-0.3, -0.25) is 4.98 Å². The summed E-state index contributed by atoms with van der Waals surface area (Å²) in [5.41, 5.74) is 2.97. The number of ether oxygens (including phenoxy) is 1. The topological polar surface area (TPSA) is 59.9 Å². The molecule has 5 heteroatoms. The third-order valence-electron chi connectivity index (χ3n) is 2.90. The Balaban J connectivity index is 2.53. The van der Waals surface area contributed by atoms with Crippen LogP contribution in [0.2, 0.25) is 0 Å². The minimum Gasteiger partial charge on any atom is -0.495 e. The zero-order chi connectivity index (χ0) is 13.7. The van der Waals surface area contributed by atoms with E-state index in [1.807, 2.05) is 13.1 Å². The molecule has 0 aliphatic heterocycles. The van der Waals surface area contributed by atoms with Crippen molar-refractivity contribution in [3.05, 3.63) is 30.4 Å². The molecule has 19 heavy (non-hydrogen) atoms. The predicted molar refractivity (Wildman–Crippen MR) is 75.4 cm³/mol. The first-order valence-electron chi connectivity index (χ1n) is 6.31. The Hall–Kier alpha value is -2.17. The Morgan fingerprint density at radius 3 is 2.79 bits per heavy atom. The average Bonchev–Trinajstić information content (AvgIpc) is 2.48. The van der Waals surface area contributed by atoms with Crippen molar-refractivity contribution in [3.63, 3.8) is 0 Å². The van der Waals surface area contributed by atoms with Gasteiger partial charge in [-0.15, -0.1) is 0 Å². The first kappa shape index (κ1) is 13.3. The van der Waals surface area contributed by atoms with Crippen molar-refractivity contribution in [2.75, 3.05) is 19.5 Å². The van der Waals surface area contributed by atoms with Gasteiger partial charge in [-0.1, -0.05) is 13.3 Å². The second-order valence-electron chi connectivity index (χ2n) is 4.16. The zero-order valence-corrected chi connectivity index (χ0v) is 11.5. The van der Waals surface area contributed by atoms with Crippen LogP contribution in [-0.2, 0) is 6.42 Å². The number of pyridine rings is 1. The van der Waals surface area contributed by atoms with E-state index in [4.69, 9.17) is 4.74 Å². The van der Waals surface area contributed by atoms with E-state index in [0.717, 1.165) is 41.2 Å². The molecular weight excluding hydrogens is 240 g/mol. The number of rotatable bonds is 5. The van der Waals surface area contributed by atoms with Gasteiger partial charge < -0.3 is 10.1 Å². The number of aromatic nitrogens is 3. The van der Waals surface area contributed by atoms with Crippen molar-refractivity contribution in [2.24, 2.45) is 0 Å². The highest BCUT2D eigenvalue weighted by Crippen LogP contribution is 2.28. The fourth-order valence-electron chi connectivity index (χ4n) is 2.02. The second-order valence-corrected chi connectivity index (χ2v) is 4.16. The van der Waals surface area contributed by atoms with E-state index in [1.165, 1.54) is 0 Å². The number of hydrogen-bond donors (Lipinski definition) is 1. The Morgan fingerprint density at radius 2 is 2.11 bits per heavy atom. The maximum atomic E-state index is 5.21. The van der Waals surface area contributed by atoms with E-state index < -0.39 is 0 Å². The number of hydrogen-bond acceptors (Lipinski definition) is 5. The van der Waals surface area contributed by atoms with Crippen molar-refractivity contribution in [1.29, 1.82) is 0 Å². The molecule has 5 nitrogen and oxygen atoms in total. The number of methoxy groups -OCH3 is 1. The molecule has 0 fully saturated rings. The van der Waals surface area contributed by atoms with E-state index in [-0.39, 0.29) is 0 Å². The summed E-state index contributed by atoms with van der Waals surface area (Å²) in [6, 6.07) is 1.94. The lowest BCUT2D eigenvalue weighted by molar-refractivity contribution is 0.413. The lowest BCUT2D eigenvalue weighted by atomic mass is 10.0. The Labute approximate surface area is 113 Å². The molecular formula is C14H18N4O. The number of nitrogens with zero attached hydrogens (tertiary/aromatic N) is 3. The van der Waals surface area contributed by atoms with Crippen LogP contribution in [0.3, 0.4) is 0 Å². The van der Waals surface area contributed by atoms with E-state index in [1.54, 1.807) is 25.8 Å². The molecule has 0 atom stereocenters. The normalized spacial score (nSPS) is 10.3. The molecule has 2 aromatic rings. The first-order valence-corrected chi connectivity index (χ1v) is 6.31. The molecule has 0 saturated heterocycles. The summed E-state index contributed by atoms with van der Waals surface area (Å²) >= 11 is 0. The minimum atomic E-state index is 0.726. The highest BCUT2D eigenvalue weighted by atomic mass is 16.5. The van der Waals surface area contributed by atoms with Gasteiger partial charge in [0.25, 0.3) is 0 Å². The van der Waals surface area contributed by atoms with Crippen LogP contribution in [0.5, 0.6) is 5.75 Å². The zero-order valence-electron chi connectivity index (χ0n) is 11.5. The fraction of sp³-hybridized carbons (Fsp3) is 0.357. The van der Waals surface area contributed by atoms with Crippen LogP contribution in [0.1, 0.15) is 18.9 Å². The van der Waals surface area contributed by atoms with Crippen LogP contribution in [-0.4, -0.2) is 29.1 Å². The van der Waals surface area contributed by atoms with E-state index in [2.05, 4.69) is 27.2 Å². The molecule has 0 amide bonds. The van der Waals surface area contributed by atoms with Crippen LogP contribution in [0.25, 0.3) is 11.3 Å². The van der Waals surface area contributed by atoms with Gasteiger partial charge in [-0.25, -0.2) is 9.97 Å². The lowest BCUT2D eigenvalue weighted by Gasteiger charge is -2.12. The van der Waals surface area contributed by atoms with Gasteiger partial charge in [0.15, 0.2) is 0 Å². The Kier molecular flexibility index (Phi) is 4.28. The molecule has 0 unspecified atom stereocenters. The third-order valence-corrected chi connectivity index (χ3v) is 2.90. The van der Waals surface area contributed by atoms with Crippen molar-refractivity contribution in [1.82, 2.24) is 15.0 Å². The number of nitrogens with one attached hydrogen (secondary N) is 1. The maximum absolute atomic E-state index is 5.21. The van der Waals surface area contributed by atoms with Gasteiger partial charge >= 0.3 is 0 Å². The van der Waals surface area contributed by atoms with Gasteiger partial charge in [-0.05, 0) is 12.5 Å². The molecule has 0 saturated carbocycles. The molecule has 0 aromatic carbocycles. The molecule has 100 valence electrons. The average molecular weight is 258 g/mol. The van der Waals surface area contributed by atoms with Crippen LogP contribution < -0.4 is 10.1 Å². The van der Waals surface area contributed by atoms with E-state index in [9.17, 15) is 0 Å². The monoisotopic (exact) mass is 258 g/mol. The molecule has 2 aromatic heterocycles. The summed E-state index contributed by atoms with van der Waals surface area (Å²) < 4.78 is 5.21. The minimum absolute atomic E-state index is 0.726. The SMILES string of the molecule is CCCc1c(NC)ncnc1-c1cncc(OC)c1. The van der Waals surface area contributed by atoms with Crippen LogP contribution in [0, 0.1) is 0 Å². The Morgan fingerprint density at radius 1 is 1.26 bits per heavy atom. The molecule has 0 bridgehead atoms. The van der Waals surface area contributed by atoms with Crippen molar-refractivity contribution >= 4 is 5.82 Å². The summed E-state index contributed by atoms with van der Waals surface area (Å²) in [4.78, 5) is 12.9. The van der Waals surface area contributed by atoms with Gasteiger partial charge in [0.1, 0.15) is 17.9 Å². The van der Waals surface area contributed by atoms with Gasteiger partial charge in [0.05, 0.1) is 19.0 Å². The lowest BCUT2D eigenvalue weighted by Crippen LogP contribution is -2.03. The smallest absolute Gasteiger partial charge is 0.137 e. The van der Waals surface area contributed by atoms with Gasteiger partial charge in [-0.2, -0.15) is 0 Å². The first-order chi connectivity index (χ1) is 9.30. The molecule has 0 aliphatic carbocycles. The van der Waals surface area contributed by atoms with Crippen molar-refractivity contribution in [2.45, 2.75) is 19.8 Å². The standard InChI is InChI=1S/C14H18N4O/c1-4-5-12-13(17-9-18-14(12)15-2)10-6-11(19-3)8-16-7-10/h6-9H,4-5H2,1-3H3,(H,15,17,18). The van der Waals surface area contributed by atoms with Crippen LogP contribution in [0.15, 0.2) is 24.8 Å². The quantitative estimate of drug-likeness (QED) is 0.893. The summed E-state index contributed by atoms with van der Waals surface area (Å²) in [7, 11) is 3.50. The second kappa shape index (κ2) is 6.13. The Bertz CT molecular complexity index is 557. The molecule has 1 N–H and O–H groups in total. The summed E-state index contributed by atoms with van der Waals surface area (Å²) in [5, 5.41) is 3.12. The maximum Gasteiger partial charge on any atom is 0.137 e. The fourth-order valence-corrected chi connectivity index (χ4v) is 2.02. The van der Waals surface area contributed by atoms with Gasteiger partial charge in [0, 0.05) is 24.4 Å². The van der Waals surface area contributed by atoms with Crippen LogP contribution >= 0.6 is 0 Å². The van der Waals surface area contributed by atoms with Crippen LogP contribution in [0.4, 0.5) is 5.82 Å². The number of anilines is 1. The molecule has 0 aliphatic rings. The molecule has 0 radical (unpaired) electrons.